The quantitative estimate of drug-likeness (QED) is 0.698. The first-order chi connectivity index (χ1) is 9.06. The summed E-state index contributed by atoms with van der Waals surface area (Å²) in [6.07, 6.45) is 1.43. The first-order valence-corrected chi connectivity index (χ1v) is 6.10. The van der Waals surface area contributed by atoms with Crippen molar-refractivity contribution in [3.8, 4) is 11.4 Å². The molecule has 2 aromatic heterocycles. The van der Waals surface area contributed by atoms with Crippen molar-refractivity contribution in [2.45, 2.75) is 20.8 Å². The summed E-state index contributed by atoms with van der Waals surface area (Å²) in [7, 11) is 0. The molecule has 0 saturated carbocycles. The maximum Gasteiger partial charge on any atom is 0.183 e. The second-order valence-corrected chi connectivity index (χ2v) is 4.82. The van der Waals surface area contributed by atoms with Gasteiger partial charge in [-0.15, -0.1) is 0 Å². The van der Waals surface area contributed by atoms with Crippen molar-refractivity contribution in [2.75, 3.05) is 5.73 Å². The van der Waals surface area contributed by atoms with E-state index in [1.807, 2.05) is 0 Å². The van der Waals surface area contributed by atoms with Crippen LogP contribution in [0.25, 0.3) is 22.6 Å². The van der Waals surface area contributed by atoms with E-state index in [-0.39, 0.29) is 0 Å². The fourth-order valence-corrected chi connectivity index (χ4v) is 2.52. The van der Waals surface area contributed by atoms with Crippen molar-refractivity contribution >= 4 is 17.0 Å². The number of aryl methyl sites for hydroxylation is 3. The Morgan fingerprint density at radius 1 is 1.05 bits per heavy atom. The Morgan fingerprint density at radius 2 is 1.74 bits per heavy atom. The molecule has 5 heteroatoms. The van der Waals surface area contributed by atoms with Gasteiger partial charge >= 0.3 is 0 Å². The molecule has 3 aromatic rings. The summed E-state index contributed by atoms with van der Waals surface area (Å²) in [6, 6.07) is 4.29. The molecule has 0 fully saturated rings. The molecule has 0 spiro atoms. The highest BCUT2D eigenvalue weighted by molar-refractivity contribution is 5.85. The zero-order valence-corrected chi connectivity index (χ0v) is 11.2. The smallest absolute Gasteiger partial charge is 0.183 e. The van der Waals surface area contributed by atoms with E-state index >= 15 is 0 Å². The van der Waals surface area contributed by atoms with Gasteiger partial charge in [0.05, 0.1) is 0 Å². The summed E-state index contributed by atoms with van der Waals surface area (Å²) >= 11 is 0. The predicted octanol–water partition coefficient (Wildman–Crippen LogP) is 2.53. The van der Waals surface area contributed by atoms with Crippen molar-refractivity contribution in [3.63, 3.8) is 0 Å². The lowest BCUT2D eigenvalue weighted by Gasteiger charge is -2.08. The van der Waals surface area contributed by atoms with Crippen molar-refractivity contribution in [1.29, 1.82) is 0 Å². The molecule has 0 amide bonds. The Balaban J connectivity index is 2.28. The topological polar surface area (TPSA) is 80.5 Å². The summed E-state index contributed by atoms with van der Waals surface area (Å²) < 4.78 is 0. The van der Waals surface area contributed by atoms with Crippen LogP contribution in [0.4, 0.5) is 5.82 Å². The van der Waals surface area contributed by atoms with Crippen LogP contribution in [0.3, 0.4) is 0 Å². The molecule has 1 aromatic carbocycles. The van der Waals surface area contributed by atoms with E-state index in [4.69, 9.17) is 5.73 Å². The summed E-state index contributed by atoms with van der Waals surface area (Å²) in [5.74, 6) is 1.21. The van der Waals surface area contributed by atoms with E-state index < -0.39 is 0 Å². The molecular weight excluding hydrogens is 238 g/mol. The van der Waals surface area contributed by atoms with E-state index in [2.05, 4.69) is 52.8 Å². The number of aromatic nitrogens is 4. The number of fused-ring (bicyclic) bond motifs is 1. The number of H-pyrrole nitrogens is 1. The second-order valence-electron chi connectivity index (χ2n) is 4.82. The van der Waals surface area contributed by atoms with Crippen LogP contribution in [-0.2, 0) is 0 Å². The normalized spacial score (nSPS) is 11.1. The van der Waals surface area contributed by atoms with Crippen molar-refractivity contribution in [1.82, 2.24) is 19.9 Å². The standard InChI is InChI=1S/C14H15N5/c1-7-4-8(2)10(9(3)5-7)13-18-11-12(15)16-6-17-14(11)19-13/h4-6H,1-3H3,(H3,15,16,17,18,19). The average molecular weight is 253 g/mol. The van der Waals surface area contributed by atoms with Crippen LogP contribution in [0.15, 0.2) is 18.5 Å². The van der Waals surface area contributed by atoms with Crippen molar-refractivity contribution < 1.29 is 0 Å². The minimum Gasteiger partial charge on any atom is -0.382 e. The number of hydrogen-bond donors (Lipinski definition) is 2. The largest absolute Gasteiger partial charge is 0.382 e. The molecule has 0 atom stereocenters. The zero-order chi connectivity index (χ0) is 13.6. The summed E-state index contributed by atoms with van der Waals surface area (Å²) in [5.41, 5.74) is 11.8. The summed E-state index contributed by atoms with van der Waals surface area (Å²) in [5, 5.41) is 0. The first-order valence-electron chi connectivity index (χ1n) is 6.10. The average Bonchev–Trinajstić information content (AvgIpc) is 2.72. The summed E-state index contributed by atoms with van der Waals surface area (Å²) in [4.78, 5) is 15.8. The van der Waals surface area contributed by atoms with Crippen LogP contribution in [0.2, 0.25) is 0 Å². The van der Waals surface area contributed by atoms with E-state index in [1.54, 1.807) is 0 Å². The van der Waals surface area contributed by atoms with Gasteiger partial charge in [-0.1, -0.05) is 17.7 Å². The highest BCUT2D eigenvalue weighted by Crippen LogP contribution is 2.28. The van der Waals surface area contributed by atoms with Crippen LogP contribution in [-0.4, -0.2) is 19.9 Å². The fraction of sp³-hybridized carbons (Fsp3) is 0.214. The van der Waals surface area contributed by atoms with Gasteiger partial charge < -0.3 is 10.7 Å². The van der Waals surface area contributed by atoms with Crippen LogP contribution in [0.5, 0.6) is 0 Å². The Bertz CT molecular complexity index is 750. The minimum absolute atomic E-state index is 0.422. The highest BCUT2D eigenvalue weighted by Gasteiger charge is 2.13. The number of imidazole rings is 1. The third-order valence-electron chi connectivity index (χ3n) is 3.23. The molecule has 0 aliphatic rings. The number of nitrogens with zero attached hydrogens (tertiary/aromatic N) is 3. The van der Waals surface area contributed by atoms with Crippen molar-refractivity contribution in [2.24, 2.45) is 0 Å². The Labute approximate surface area is 110 Å². The SMILES string of the molecule is Cc1cc(C)c(-c2nc3ncnc(N)c3[nH]2)c(C)c1. The highest BCUT2D eigenvalue weighted by atomic mass is 15.0. The fourth-order valence-electron chi connectivity index (χ4n) is 2.52. The lowest BCUT2D eigenvalue weighted by Crippen LogP contribution is -1.92. The maximum absolute atomic E-state index is 5.83. The lowest BCUT2D eigenvalue weighted by atomic mass is 9.99. The first kappa shape index (κ1) is 11.6. The Morgan fingerprint density at radius 3 is 2.37 bits per heavy atom. The van der Waals surface area contributed by atoms with E-state index in [1.165, 1.54) is 23.0 Å². The van der Waals surface area contributed by atoms with Gasteiger partial charge in [0.15, 0.2) is 11.5 Å². The third kappa shape index (κ3) is 1.83. The number of anilines is 1. The molecular formula is C14H15N5. The third-order valence-corrected chi connectivity index (χ3v) is 3.23. The predicted molar refractivity (Wildman–Crippen MR) is 75.7 cm³/mol. The Kier molecular flexibility index (Phi) is 2.48. The minimum atomic E-state index is 0.422. The Hall–Kier alpha value is -2.43. The van der Waals surface area contributed by atoms with Crippen LogP contribution in [0, 0.1) is 20.8 Å². The van der Waals surface area contributed by atoms with Gasteiger partial charge in [0.25, 0.3) is 0 Å². The maximum atomic E-state index is 5.83. The van der Waals surface area contributed by atoms with Crippen LogP contribution in [0.1, 0.15) is 16.7 Å². The van der Waals surface area contributed by atoms with Gasteiger partial charge in [-0.2, -0.15) is 0 Å². The number of rotatable bonds is 1. The molecule has 5 nitrogen and oxygen atoms in total. The number of benzene rings is 1. The zero-order valence-electron chi connectivity index (χ0n) is 11.2. The monoisotopic (exact) mass is 253 g/mol. The number of hydrogen-bond acceptors (Lipinski definition) is 4. The van der Waals surface area contributed by atoms with Gasteiger partial charge in [0.1, 0.15) is 17.7 Å². The molecule has 0 bridgehead atoms. The number of nitrogens with one attached hydrogen (secondary N) is 1. The molecule has 3 N–H and O–H groups in total. The van der Waals surface area contributed by atoms with E-state index in [0.29, 0.717) is 17.0 Å². The summed E-state index contributed by atoms with van der Waals surface area (Å²) in [6.45, 7) is 6.25. The molecule has 0 saturated heterocycles. The van der Waals surface area contributed by atoms with Gasteiger partial charge in [-0.3, -0.25) is 0 Å². The van der Waals surface area contributed by atoms with Crippen LogP contribution < -0.4 is 5.73 Å². The molecule has 3 rings (SSSR count). The number of nitrogen functional groups attached to an aromatic ring is 1. The van der Waals surface area contributed by atoms with E-state index in [9.17, 15) is 0 Å². The van der Waals surface area contributed by atoms with Gasteiger partial charge in [0, 0.05) is 5.56 Å². The lowest BCUT2D eigenvalue weighted by molar-refractivity contribution is 1.20. The number of nitrogens with two attached hydrogens (primary N) is 1. The molecule has 0 radical (unpaired) electrons. The van der Waals surface area contributed by atoms with Gasteiger partial charge in [-0.05, 0) is 31.9 Å². The molecule has 0 aliphatic carbocycles. The van der Waals surface area contributed by atoms with Gasteiger partial charge in [0.2, 0.25) is 0 Å². The molecule has 19 heavy (non-hydrogen) atoms. The molecule has 96 valence electrons. The van der Waals surface area contributed by atoms with E-state index in [0.717, 1.165) is 11.4 Å². The van der Waals surface area contributed by atoms with Gasteiger partial charge in [-0.25, -0.2) is 15.0 Å². The molecule has 2 heterocycles. The van der Waals surface area contributed by atoms with Crippen molar-refractivity contribution in [3.05, 3.63) is 35.2 Å². The number of aromatic amines is 1. The molecule has 0 aliphatic heterocycles. The van der Waals surface area contributed by atoms with Crippen LogP contribution >= 0.6 is 0 Å². The second kappa shape index (κ2) is 4.05. The molecule has 0 unspecified atom stereocenters.